The van der Waals surface area contributed by atoms with E-state index < -0.39 is 0 Å². The molecule has 2 aliphatic heterocycles. The molecule has 1 aromatic rings. The number of hydrogen-bond donors (Lipinski definition) is 0. The van der Waals surface area contributed by atoms with E-state index in [1.165, 1.54) is 0 Å². The zero-order valence-electron chi connectivity index (χ0n) is 8.87. The maximum Gasteiger partial charge on any atom is 0.227 e. The van der Waals surface area contributed by atoms with E-state index in [1.54, 1.807) is 6.26 Å². The molecule has 1 aromatic carbocycles. The van der Waals surface area contributed by atoms with Gasteiger partial charge in [0.1, 0.15) is 6.10 Å². The van der Waals surface area contributed by atoms with Crippen molar-refractivity contribution in [2.24, 2.45) is 0 Å². The lowest BCUT2D eigenvalue weighted by Crippen LogP contribution is -2.33. The summed E-state index contributed by atoms with van der Waals surface area (Å²) in [6.07, 6.45) is 4.22. The predicted octanol–water partition coefficient (Wildman–Crippen LogP) is 1.70. The molecule has 82 valence electrons. The SMILES string of the molecule is O=C1C[C@@H]2OC=C[C@@H]2N1Cc1ccccc1. The largest absolute Gasteiger partial charge is 0.495 e. The van der Waals surface area contributed by atoms with Crippen LogP contribution in [0.2, 0.25) is 0 Å². The highest BCUT2D eigenvalue weighted by Gasteiger charge is 2.41. The van der Waals surface area contributed by atoms with Crippen LogP contribution in [0.25, 0.3) is 0 Å². The molecular weight excluding hydrogens is 202 g/mol. The van der Waals surface area contributed by atoms with Gasteiger partial charge in [-0.3, -0.25) is 4.79 Å². The number of benzene rings is 1. The van der Waals surface area contributed by atoms with Gasteiger partial charge in [0.15, 0.2) is 0 Å². The van der Waals surface area contributed by atoms with Gasteiger partial charge in [-0.05, 0) is 11.6 Å². The summed E-state index contributed by atoms with van der Waals surface area (Å²) in [6.45, 7) is 0.675. The molecule has 0 unspecified atom stereocenters. The molecule has 2 atom stereocenters. The molecule has 1 amide bonds. The maximum absolute atomic E-state index is 11.8. The normalized spacial score (nSPS) is 27.0. The van der Waals surface area contributed by atoms with E-state index in [0.29, 0.717) is 13.0 Å². The molecule has 0 radical (unpaired) electrons. The van der Waals surface area contributed by atoms with E-state index >= 15 is 0 Å². The molecule has 3 rings (SSSR count). The lowest BCUT2D eigenvalue weighted by molar-refractivity contribution is -0.129. The Morgan fingerprint density at radius 2 is 2.12 bits per heavy atom. The van der Waals surface area contributed by atoms with Crippen molar-refractivity contribution in [2.45, 2.75) is 25.1 Å². The van der Waals surface area contributed by atoms with E-state index in [1.807, 2.05) is 41.3 Å². The molecule has 0 aliphatic carbocycles. The Kier molecular flexibility index (Phi) is 2.17. The van der Waals surface area contributed by atoms with Gasteiger partial charge in [0.05, 0.1) is 18.7 Å². The minimum absolute atomic E-state index is 0.0382. The second-order valence-electron chi connectivity index (χ2n) is 4.21. The molecule has 3 nitrogen and oxygen atoms in total. The van der Waals surface area contributed by atoms with Gasteiger partial charge in [-0.1, -0.05) is 30.3 Å². The van der Waals surface area contributed by atoms with E-state index in [4.69, 9.17) is 4.74 Å². The third kappa shape index (κ3) is 1.48. The molecule has 0 N–H and O–H groups in total. The van der Waals surface area contributed by atoms with Crippen molar-refractivity contribution in [3.05, 3.63) is 48.2 Å². The smallest absolute Gasteiger partial charge is 0.227 e. The minimum Gasteiger partial charge on any atom is -0.495 e. The fraction of sp³-hybridized carbons (Fsp3) is 0.308. The highest BCUT2D eigenvalue weighted by atomic mass is 16.5. The third-order valence-electron chi connectivity index (χ3n) is 3.16. The molecule has 3 heteroatoms. The summed E-state index contributed by atoms with van der Waals surface area (Å²) in [5.41, 5.74) is 1.16. The summed E-state index contributed by atoms with van der Waals surface area (Å²) in [5, 5.41) is 0. The lowest BCUT2D eigenvalue weighted by atomic mass is 10.1. The zero-order valence-corrected chi connectivity index (χ0v) is 8.87. The van der Waals surface area contributed by atoms with Gasteiger partial charge in [-0.2, -0.15) is 0 Å². The predicted molar refractivity (Wildman–Crippen MR) is 59.4 cm³/mol. The van der Waals surface area contributed by atoms with Crippen LogP contribution in [0, 0.1) is 0 Å². The van der Waals surface area contributed by atoms with Crippen molar-refractivity contribution in [2.75, 3.05) is 0 Å². The van der Waals surface area contributed by atoms with Crippen LogP contribution >= 0.6 is 0 Å². The van der Waals surface area contributed by atoms with Crippen molar-refractivity contribution in [1.29, 1.82) is 0 Å². The Bertz CT molecular complexity index is 427. The van der Waals surface area contributed by atoms with Crippen molar-refractivity contribution in [1.82, 2.24) is 4.90 Å². The minimum atomic E-state index is 0.0382. The molecule has 0 aromatic heterocycles. The average Bonchev–Trinajstić information content (AvgIpc) is 2.84. The fourth-order valence-electron chi connectivity index (χ4n) is 2.33. The summed E-state index contributed by atoms with van der Waals surface area (Å²) < 4.78 is 5.37. The topological polar surface area (TPSA) is 29.5 Å². The monoisotopic (exact) mass is 215 g/mol. The standard InChI is InChI=1S/C13H13NO2/c15-13-8-12-11(6-7-16-12)14(13)9-10-4-2-1-3-5-10/h1-7,11-12H,8-9H2/t11-,12-/m0/s1. The first-order chi connectivity index (χ1) is 7.84. The number of likely N-dealkylation sites (tertiary alicyclic amines) is 1. The summed E-state index contributed by atoms with van der Waals surface area (Å²) in [5.74, 6) is 0.184. The van der Waals surface area contributed by atoms with E-state index in [9.17, 15) is 4.79 Å². The second-order valence-corrected chi connectivity index (χ2v) is 4.21. The molecule has 1 fully saturated rings. The number of carbonyl (C=O) groups is 1. The van der Waals surface area contributed by atoms with Gasteiger partial charge in [0, 0.05) is 6.54 Å². The summed E-state index contributed by atoms with van der Waals surface area (Å²) in [4.78, 5) is 13.7. The zero-order chi connectivity index (χ0) is 11.0. The first kappa shape index (κ1) is 9.46. The van der Waals surface area contributed by atoms with Crippen molar-refractivity contribution < 1.29 is 9.53 Å². The van der Waals surface area contributed by atoms with Crippen molar-refractivity contribution in [3.63, 3.8) is 0 Å². The number of amides is 1. The maximum atomic E-state index is 11.8. The van der Waals surface area contributed by atoms with Crippen molar-refractivity contribution in [3.8, 4) is 0 Å². The first-order valence-corrected chi connectivity index (χ1v) is 5.50. The molecule has 0 saturated carbocycles. The Balaban J connectivity index is 1.79. The summed E-state index contributed by atoms with van der Waals surface area (Å²) in [6, 6.07) is 10.2. The Hall–Kier alpha value is -1.77. The van der Waals surface area contributed by atoms with Gasteiger partial charge >= 0.3 is 0 Å². The van der Waals surface area contributed by atoms with Crippen molar-refractivity contribution >= 4 is 5.91 Å². The number of rotatable bonds is 2. The molecule has 2 aliphatic rings. The fourth-order valence-corrected chi connectivity index (χ4v) is 2.33. The van der Waals surface area contributed by atoms with Crippen LogP contribution in [0.5, 0.6) is 0 Å². The van der Waals surface area contributed by atoms with Gasteiger partial charge in [0.2, 0.25) is 5.91 Å². The number of fused-ring (bicyclic) bond motifs is 1. The van der Waals surface area contributed by atoms with Crippen LogP contribution in [0.1, 0.15) is 12.0 Å². The Morgan fingerprint density at radius 3 is 2.94 bits per heavy atom. The van der Waals surface area contributed by atoms with E-state index in [0.717, 1.165) is 5.56 Å². The molecule has 16 heavy (non-hydrogen) atoms. The van der Waals surface area contributed by atoms with Crippen LogP contribution in [0.3, 0.4) is 0 Å². The third-order valence-corrected chi connectivity index (χ3v) is 3.16. The number of nitrogens with zero attached hydrogens (tertiary/aromatic N) is 1. The van der Waals surface area contributed by atoms with Crippen LogP contribution in [0.15, 0.2) is 42.7 Å². The highest BCUT2D eigenvalue weighted by molar-refractivity contribution is 5.80. The molecular formula is C13H13NO2. The summed E-state index contributed by atoms with van der Waals surface area (Å²) in [7, 11) is 0. The van der Waals surface area contributed by atoms with Gasteiger partial charge in [0.25, 0.3) is 0 Å². The molecule has 0 spiro atoms. The van der Waals surface area contributed by atoms with Crippen LogP contribution in [0.4, 0.5) is 0 Å². The number of ether oxygens (including phenoxy) is 1. The molecule has 2 heterocycles. The molecule has 0 bridgehead atoms. The molecule has 1 saturated heterocycles. The highest BCUT2D eigenvalue weighted by Crippen LogP contribution is 2.29. The Morgan fingerprint density at radius 1 is 1.31 bits per heavy atom. The second kappa shape index (κ2) is 3.67. The van der Waals surface area contributed by atoms with Crippen LogP contribution < -0.4 is 0 Å². The van der Waals surface area contributed by atoms with Crippen LogP contribution in [-0.2, 0) is 16.1 Å². The van der Waals surface area contributed by atoms with E-state index in [-0.39, 0.29) is 18.1 Å². The summed E-state index contributed by atoms with van der Waals surface area (Å²) >= 11 is 0. The number of carbonyl (C=O) groups excluding carboxylic acids is 1. The number of hydrogen-bond acceptors (Lipinski definition) is 2. The Labute approximate surface area is 94.3 Å². The lowest BCUT2D eigenvalue weighted by Gasteiger charge is -2.21. The van der Waals surface area contributed by atoms with Gasteiger partial charge in [-0.25, -0.2) is 0 Å². The first-order valence-electron chi connectivity index (χ1n) is 5.50. The quantitative estimate of drug-likeness (QED) is 0.751. The van der Waals surface area contributed by atoms with Gasteiger partial charge < -0.3 is 9.64 Å². The van der Waals surface area contributed by atoms with Gasteiger partial charge in [-0.15, -0.1) is 0 Å². The average molecular weight is 215 g/mol. The van der Waals surface area contributed by atoms with Crippen LogP contribution in [-0.4, -0.2) is 23.0 Å². The van der Waals surface area contributed by atoms with E-state index in [2.05, 4.69) is 0 Å².